The molecular weight excluding hydrogens is 396 g/mol. The zero-order valence-electron chi connectivity index (χ0n) is 18.1. The van der Waals surface area contributed by atoms with Crippen molar-refractivity contribution in [3.05, 3.63) is 59.3 Å². The summed E-state index contributed by atoms with van der Waals surface area (Å²) in [6.07, 6.45) is 5.59. The van der Waals surface area contributed by atoms with Crippen LogP contribution in [0.4, 0.5) is 0 Å². The highest BCUT2D eigenvalue weighted by Gasteiger charge is 2.27. The fourth-order valence-electron chi connectivity index (χ4n) is 3.77. The third kappa shape index (κ3) is 3.52. The van der Waals surface area contributed by atoms with Crippen LogP contribution in [0.15, 0.2) is 47.8 Å². The normalized spacial score (nSPS) is 14.7. The number of ether oxygens (including phenoxy) is 4. The molecule has 0 saturated carbocycles. The second-order valence-corrected chi connectivity index (χ2v) is 7.63. The van der Waals surface area contributed by atoms with Gasteiger partial charge in [-0.15, -0.1) is 0 Å². The Morgan fingerprint density at radius 1 is 1.00 bits per heavy atom. The van der Waals surface area contributed by atoms with Crippen LogP contribution in [-0.2, 0) is 0 Å². The van der Waals surface area contributed by atoms with E-state index >= 15 is 0 Å². The lowest BCUT2D eigenvalue weighted by atomic mass is 9.94. The zero-order valence-corrected chi connectivity index (χ0v) is 18.1. The molecule has 0 fully saturated rings. The smallest absolute Gasteiger partial charge is 0.162 e. The minimum absolute atomic E-state index is 0.345. The highest BCUT2D eigenvalue weighted by Crippen LogP contribution is 2.41. The van der Waals surface area contributed by atoms with Crippen LogP contribution in [-0.4, -0.2) is 42.8 Å². The molecule has 0 saturated heterocycles. The molecule has 0 unspecified atom stereocenters. The van der Waals surface area contributed by atoms with Gasteiger partial charge in [0, 0.05) is 28.8 Å². The lowest BCUT2D eigenvalue weighted by Gasteiger charge is -2.29. The van der Waals surface area contributed by atoms with Crippen molar-refractivity contribution in [3.8, 4) is 23.0 Å². The number of methoxy groups -OCH3 is 3. The fraction of sp³-hybridized carbons (Fsp3) is 0.250. The monoisotopic (exact) mass is 420 g/mol. The van der Waals surface area contributed by atoms with Gasteiger partial charge in [-0.1, -0.05) is 5.16 Å². The Morgan fingerprint density at radius 2 is 1.74 bits per heavy atom. The lowest BCUT2D eigenvalue weighted by molar-refractivity contribution is 0.158. The van der Waals surface area contributed by atoms with E-state index in [9.17, 15) is 5.21 Å². The number of pyridine rings is 1. The highest BCUT2D eigenvalue weighted by atomic mass is 16.5. The van der Waals surface area contributed by atoms with Gasteiger partial charge in [0.1, 0.15) is 22.8 Å². The molecule has 0 radical (unpaired) electrons. The summed E-state index contributed by atoms with van der Waals surface area (Å²) < 4.78 is 22.6. The Morgan fingerprint density at radius 3 is 2.42 bits per heavy atom. The van der Waals surface area contributed by atoms with Gasteiger partial charge in [-0.05, 0) is 50.3 Å². The SMILES string of the molecule is COc1cc2nccc(/C(=N\O)c3ccc4c(c3OC)C=CC(C)(C)O4)c2cc1OC. The summed E-state index contributed by atoms with van der Waals surface area (Å²) in [6, 6.07) is 9.08. The molecule has 31 heavy (non-hydrogen) atoms. The average Bonchev–Trinajstić information content (AvgIpc) is 2.77. The molecule has 160 valence electrons. The Bertz CT molecular complexity index is 1210. The standard InChI is InChI=1S/C24H24N2O5/c1-24(2)10-8-15-19(31-24)7-6-16(23(15)30-5)22(26-27)14-9-11-25-18-13-21(29-4)20(28-3)12-17(14)18/h6-13,27H,1-5H3/b26-22+. The Kier molecular flexibility index (Phi) is 5.19. The molecule has 0 amide bonds. The highest BCUT2D eigenvalue weighted by molar-refractivity contribution is 6.20. The molecule has 1 N–H and O–H groups in total. The maximum atomic E-state index is 10.0. The Labute approximate surface area is 180 Å². The predicted octanol–water partition coefficient (Wildman–Crippen LogP) is 4.67. The first-order valence-electron chi connectivity index (χ1n) is 9.75. The fourth-order valence-corrected chi connectivity index (χ4v) is 3.77. The molecule has 1 aliphatic rings. The molecule has 1 aliphatic heterocycles. The molecule has 0 atom stereocenters. The second-order valence-electron chi connectivity index (χ2n) is 7.63. The predicted molar refractivity (Wildman–Crippen MR) is 119 cm³/mol. The number of nitrogens with zero attached hydrogens (tertiary/aromatic N) is 2. The van der Waals surface area contributed by atoms with Gasteiger partial charge in [0.25, 0.3) is 0 Å². The Hall–Kier alpha value is -3.74. The summed E-state index contributed by atoms with van der Waals surface area (Å²) in [7, 11) is 4.73. The maximum absolute atomic E-state index is 10.0. The maximum Gasteiger partial charge on any atom is 0.162 e. The third-order valence-corrected chi connectivity index (χ3v) is 5.24. The van der Waals surface area contributed by atoms with Crippen molar-refractivity contribution in [3.63, 3.8) is 0 Å². The second kappa shape index (κ2) is 7.83. The zero-order chi connectivity index (χ0) is 22.2. The van der Waals surface area contributed by atoms with Crippen molar-refractivity contribution < 1.29 is 24.2 Å². The third-order valence-electron chi connectivity index (χ3n) is 5.24. The number of benzene rings is 2. The number of oxime groups is 1. The quantitative estimate of drug-likeness (QED) is 0.367. The summed E-state index contributed by atoms with van der Waals surface area (Å²) >= 11 is 0. The first-order chi connectivity index (χ1) is 14.9. The van der Waals surface area contributed by atoms with Crippen LogP contribution in [0.1, 0.15) is 30.5 Å². The van der Waals surface area contributed by atoms with Crippen molar-refractivity contribution in [1.82, 2.24) is 4.98 Å². The van der Waals surface area contributed by atoms with Gasteiger partial charge in [0.05, 0.1) is 32.4 Å². The van der Waals surface area contributed by atoms with Gasteiger partial charge < -0.3 is 24.2 Å². The van der Waals surface area contributed by atoms with E-state index in [1.807, 2.05) is 44.2 Å². The number of fused-ring (bicyclic) bond motifs is 2. The van der Waals surface area contributed by atoms with Crippen molar-refractivity contribution in [2.75, 3.05) is 21.3 Å². The summed E-state index contributed by atoms with van der Waals surface area (Å²) in [6.45, 7) is 3.97. The van der Waals surface area contributed by atoms with Crippen LogP contribution >= 0.6 is 0 Å². The first-order valence-corrected chi connectivity index (χ1v) is 9.75. The van der Waals surface area contributed by atoms with Gasteiger partial charge in [0.2, 0.25) is 0 Å². The van der Waals surface area contributed by atoms with Crippen LogP contribution in [0.25, 0.3) is 17.0 Å². The summed E-state index contributed by atoms with van der Waals surface area (Å²) in [5.74, 6) is 2.38. The van der Waals surface area contributed by atoms with Crippen molar-refractivity contribution >= 4 is 22.7 Å². The number of rotatable bonds is 5. The minimum atomic E-state index is -0.412. The van der Waals surface area contributed by atoms with Crippen LogP contribution in [0, 0.1) is 0 Å². The summed E-state index contributed by atoms with van der Waals surface area (Å²) in [4.78, 5) is 4.43. The van der Waals surface area contributed by atoms with Gasteiger partial charge in [-0.2, -0.15) is 0 Å². The molecule has 0 aliphatic carbocycles. The molecule has 0 bridgehead atoms. The first kappa shape index (κ1) is 20.5. The summed E-state index contributed by atoms with van der Waals surface area (Å²) in [5.41, 5.74) is 2.70. The van der Waals surface area contributed by atoms with Gasteiger partial charge >= 0.3 is 0 Å². The van der Waals surface area contributed by atoms with Gasteiger partial charge in [0.15, 0.2) is 11.5 Å². The molecule has 4 rings (SSSR count). The topological polar surface area (TPSA) is 82.4 Å². The van der Waals surface area contributed by atoms with Crippen LogP contribution in [0.2, 0.25) is 0 Å². The average molecular weight is 420 g/mol. The molecule has 3 aromatic rings. The van der Waals surface area contributed by atoms with E-state index in [4.69, 9.17) is 18.9 Å². The number of hydrogen-bond donors (Lipinski definition) is 1. The molecule has 7 nitrogen and oxygen atoms in total. The van der Waals surface area contributed by atoms with E-state index in [-0.39, 0.29) is 0 Å². The van der Waals surface area contributed by atoms with Crippen molar-refractivity contribution in [2.45, 2.75) is 19.4 Å². The van der Waals surface area contributed by atoms with Gasteiger partial charge in [-0.3, -0.25) is 4.98 Å². The van der Waals surface area contributed by atoms with Crippen LogP contribution < -0.4 is 18.9 Å². The Balaban J connectivity index is 1.92. The lowest BCUT2D eigenvalue weighted by Crippen LogP contribution is -2.27. The van der Waals surface area contributed by atoms with E-state index in [1.54, 1.807) is 39.7 Å². The van der Waals surface area contributed by atoms with Crippen molar-refractivity contribution in [2.24, 2.45) is 5.16 Å². The molecule has 2 heterocycles. The largest absolute Gasteiger partial charge is 0.495 e. The molecule has 0 spiro atoms. The van der Waals surface area contributed by atoms with Crippen LogP contribution in [0.3, 0.4) is 0 Å². The van der Waals surface area contributed by atoms with Gasteiger partial charge in [-0.25, -0.2) is 0 Å². The number of aromatic nitrogens is 1. The van der Waals surface area contributed by atoms with Crippen LogP contribution in [0.5, 0.6) is 23.0 Å². The van der Waals surface area contributed by atoms with E-state index in [2.05, 4.69) is 10.1 Å². The van der Waals surface area contributed by atoms with E-state index < -0.39 is 5.60 Å². The molecule has 7 heteroatoms. The molecular formula is C24H24N2O5. The molecule has 2 aromatic carbocycles. The van der Waals surface area contributed by atoms with E-state index in [0.29, 0.717) is 45.4 Å². The van der Waals surface area contributed by atoms with E-state index in [0.717, 1.165) is 10.9 Å². The summed E-state index contributed by atoms with van der Waals surface area (Å²) in [5, 5.41) is 14.4. The van der Waals surface area contributed by atoms with Crippen molar-refractivity contribution in [1.29, 1.82) is 0 Å². The van der Waals surface area contributed by atoms with E-state index in [1.165, 1.54) is 0 Å². The molecule has 1 aromatic heterocycles. The number of hydrogen-bond acceptors (Lipinski definition) is 7. The minimum Gasteiger partial charge on any atom is -0.495 e.